The van der Waals surface area contributed by atoms with Crippen LogP contribution in [0.15, 0.2) is 17.2 Å². The van der Waals surface area contributed by atoms with Gasteiger partial charge in [-0.3, -0.25) is 4.79 Å². The summed E-state index contributed by atoms with van der Waals surface area (Å²) in [6.07, 6.45) is 8.62. The number of hydrogen-bond donors (Lipinski definition) is 0. The van der Waals surface area contributed by atoms with Gasteiger partial charge in [-0.25, -0.2) is 14.6 Å². The summed E-state index contributed by atoms with van der Waals surface area (Å²) in [5, 5.41) is 4.66. The molecule has 0 unspecified atom stereocenters. The molecule has 0 atom stereocenters. The third kappa shape index (κ3) is 3.37. The molecule has 0 spiro atoms. The van der Waals surface area contributed by atoms with Crippen LogP contribution in [0.5, 0.6) is 0 Å². The molecule has 0 aromatic carbocycles. The second-order valence-corrected chi connectivity index (χ2v) is 9.00. The van der Waals surface area contributed by atoms with Gasteiger partial charge in [0.1, 0.15) is 12.1 Å². The van der Waals surface area contributed by atoms with Crippen molar-refractivity contribution in [2.45, 2.75) is 50.8 Å². The molecule has 5 rings (SSSR count). The van der Waals surface area contributed by atoms with Gasteiger partial charge in [-0.1, -0.05) is 6.42 Å². The summed E-state index contributed by atoms with van der Waals surface area (Å²) in [6, 6.07) is 1.80. The Kier molecular flexibility index (Phi) is 4.63. The molecule has 1 aliphatic carbocycles. The largest absolute Gasteiger partial charge is 0.355 e. The van der Waals surface area contributed by atoms with Crippen molar-refractivity contribution in [2.75, 3.05) is 23.7 Å². The number of thioether (sulfide) groups is 1. The zero-order valence-electron chi connectivity index (χ0n) is 15.6. The fourth-order valence-corrected chi connectivity index (χ4v) is 5.39. The lowest BCUT2D eigenvalue weighted by Crippen LogP contribution is -2.50. The van der Waals surface area contributed by atoms with Crippen LogP contribution >= 0.6 is 11.8 Å². The Labute approximate surface area is 163 Å². The zero-order chi connectivity index (χ0) is 18.2. The molecule has 142 valence electrons. The van der Waals surface area contributed by atoms with Gasteiger partial charge in [-0.2, -0.15) is 16.9 Å². The van der Waals surface area contributed by atoms with E-state index in [4.69, 9.17) is 0 Å². The molecule has 2 aliphatic heterocycles. The lowest BCUT2D eigenvalue weighted by molar-refractivity contribution is 0.330. The topological polar surface area (TPSA) is 63.9 Å². The van der Waals surface area contributed by atoms with E-state index in [9.17, 15) is 4.79 Å². The highest BCUT2D eigenvalue weighted by atomic mass is 32.2. The van der Waals surface area contributed by atoms with Gasteiger partial charge in [-0.15, -0.1) is 0 Å². The fourth-order valence-electron chi connectivity index (χ4n) is 4.44. The average molecular weight is 384 g/mol. The van der Waals surface area contributed by atoms with E-state index in [1.165, 1.54) is 30.5 Å². The first-order valence-corrected chi connectivity index (χ1v) is 11.2. The first-order chi connectivity index (χ1) is 13.3. The summed E-state index contributed by atoms with van der Waals surface area (Å²) >= 11 is 1.89. The maximum atomic E-state index is 12.4. The highest BCUT2D eigenvalue weighted by Gasteiger charge is 2.31. The molecule has 1 fully saturated rings. The minimum atomic E-state index is 0.0469. The molecular formula is C20H25N5OS. The number of aryl methyl sites for hydroxylation is 2. The maximum absolute atomic E-state index is 12.4. The Hall–Kier alpha value is -1.89. The highest BCUT2D eigenvalue weighted by molar-refractivity contribution is 7.98. The second-order valence-electron chi connectivity index (χ2n) is 7.89. The molecule has 0 amide bonds. The van der Waals surface area contributed by atoms with Gasteiger partial charge in [0, 0.05) is 48.5 Å². The third-order valence-corrected chi connectivity index (χ3v) is 6.95. The van der Waals surface area contributed by atoms with E-state index in [1.807, 2.05) is 11.8 Å². The summed E-state index contributed by atoms with van der Waals surface area (Å²) in [4.78, 5) is 23.9. The monoisotopic (exact) mass is 383 g/mol. The summed E-state index contributed by atoms with van der Waals surface area (Å²) in [5.74, 6) is 3.62. The molecule has 4 heterocycles. The maximum Gasteiger partial charge on any atom is 0.267 e. The molecule has 2 aromatic rings. The molecule has 1 saturated heterocycles. The molecule has 6 nitrogen and oxygen atoms in total. The van der Waals surface area contributed by atoms with Crippen LogP contribution in [0.3, 0.4) is 0 Å². The van der Waals surface area contributed by atoms with Gasteiger partial charge in [-0.05, 0) is 37.0 Å². The van der Waals surface area contributed by atoms with Crippen LogP contribution in [0, 0.1) is 5.92 Å². The molecule has 0 radical (unpaired) electrons. The summed E-state index contributed by atoms with van der Waals surface area (Å²) < 4.78 is 1.69. The Balaban J connectivity index is 1.29. The van der Waals surface area contributed by atoms with E-state index in [2.05, 4.69) is 20.0 Å². The van der Waals surface area contributed by atoms with Crippen LogP contribution in [-0.2, 0) is 31.6 Å². The number of rotatable bonds is 3. The van der Waals surface area contributed by atoms with Gasteiger partial charge in [0.25, 0.3) is 5.56 Å². The van der Waals surface area contributed by atoms with Gasteiger partial charge in [0.2, 0.25) is 0 Å². The average Bonchev–Trinajstić information content (AvgIpc) is 2.90. The van der Waals surface area contributed by atoms with Crippen molar-refractivity contribution < 1.29 is 0 Å². The number of fused-ring (bicyclic) bond motifs is 2. The Morgan fingerprint density at radius 1 is 1.07 bits per heavy atom. The van der Waals surface area contributed by atoms with Crippen LogP contribution in [0.4, 0.5) is 5.82 Å². The Morgan fingerprint density at radius 3 is 2.89 bits per heavy atom. The van der Waals surface area contributed by atoms with Crippen molar-refractivity contribution in [1.82, 2.24) is 19.7 Å². The summed E-state index contributed by atoms with van der Waals surface area (Å²) in [6.45, 7) is 2.61. The molecule has 0 N–H and O–H groups in total. The number of aromatic nitrogens is 4. The first-order valence-electron chi connectivity index (χ1n) is 10.0. The van der Waals surface area contributed by atoms with Crippen LogP contribution in [0.25, 0.3) is 0 Å². The van der Waals surface area contributed by atoms with E-state index in [0.29, 0.717) is 12.5 Å². The number of nitrogens with zero attached hydrogens (tertiary/aromatic N) is 5. The quantitative estimate of drug-likeness (QED) is 0.758. The van der Waals surface area contributed by atoms with Crippen molar-refractivity contribution in [2.24, 2.45) is 5.92 Å². The number of hydrogen-bond acceptors (Lipinski definition) is 6. The van der Waals surface area contributed by atoms with E-state index in [0.717, 1.165) is 60.9 Å². The Morgan fingerprint density at radius 2 is 1.96 bits per heavy atom. The van der Waals surface area contributed by atoms with Crippen LogP contribution < -0.4 is 10.5 Å². The smallest absolute Gasteiger partial charge is 0.267 e. The van der Waals surface area contributed by atoms with Crippen molar-refractivity contribution in [3.8, 4) is 0 Å². The summed E-state index contributed by atoms with van der Waals surface area (Å²) in [7, 11) is 0. The molecule has 7 heteroatoms. The van der Waals surface area contributed by atoms with Crippen LogP contribution in [-0.4, -0.2) is 38.6 Å². The minimum absolute atomic E-state index is 0.0469. The first kappa shape index (κ1) is 17.2. The van der Waals surface area contributed by atoms with E-state index >= 15 is 0 Å². The molecular weight excluding hydrogens is 358 g/mol. The SMILES string of the molecule is O=c1cc2c(nn1CC1CN(c3ncnc4c3CCCCC4)C1)CCSC2. The fraction of sp³-hybridized carbons (Fsp3) is 0.600. The van der Waals surface area contributed by atoms with Gasteiger partial charge < -0.3 is 4.90 Å². The van der Waals surface area contributed by atoms with Crippen molar-refractivity contribution in [3.63, 3.8) is 0 Å². The lowest BCUT2D eigenvalue weighted by atomic mass is 9.98. The second kappa shape index (κ2) is 7.26. The lowest BCUT2D eigenvalue weighted by Gasteiger charge is -2.41. The van der Waals surface area contributed by atoms with Gasteiger partial charge in [0.15, 0.2) is 0 Å². The van der Waals surface area contributed by atoms with E-state index < -0.39 is 0 Å². The molecule has 0 saturated carbocycles. The predicted molar refractivity (Wildman–Crippen MR) is 107 cm³/mol. The van der Waals surface area contributed by atoms with Crippen molar-refractivity contribution in [1.29, 1.82) is 0 Å². The Bertz CT molecular complexity index is 906. The van der Waals surface area contributed by atoms with Crippen LogP contribution in [0.1, 0.15) is 41.8 Å². The highest BCUT2D eigenvalue weighted by Crippen LogP contribution is 2.31. The van der Waals surface area contributed by atoms with Gasteiger partial charge >= 0.3 is 0 Å². The standard InChI is InChI=1S/C20H25N5OS/c26-19-8-15-12-27-7-6-17(15)23-25(19)11-14-9-24(10-14)20-16-4-2-1-3-5-18(16)21-13-22-20/h8,13-14H,1-7,9-12H2. The molecule has 0 bridgehead atoms. The minimum Gasteiger partial charge on any atom is -0.355 e. The predicted octanol–water partition coefficient (Wildman–Crippen LogP) is 2.23. The molecule has 3 aliphatic rings. The van der Waals surface area contributed by atoms with E-state index in [1.54, 1.807) is 17.1 Å². The molecule has 27 heavy (non-hydrogen) atoms. The van der Waals surface area contributed by atoms with Crippen molar-refractivity contribution in [3.05, 3.63) is 45.3 Å². The number of anilines is 1. The van der Waals surface area contributed by atoms with Gasteiger partial charge in [0.05, 0.1) is 12.2 Å². The van der Waals surface area contributed by atoms with Crippen LogP contribution in [0.2, 0.25) is 0 Å². The third-order valence-electron chi connectivity index (χ3n) is 5.95. The van der Waals surface area contributed by atoms with E-state index in [-0.39, 0.29) is 5.56 Å². The molecule has 2 aromatic heterocycles. The van der Waals surface area contributed by atoms with Crippen molar-refractivity contribution >= 4 is 17.6 Å². The normalized spacial score (nSPS) is 19.8. The summed E-state index contributed by atoms with van der Waals surface area (Å²) in [5.41, 5.74) is 4.89. The zero-order valence-corrected chi connectivity index (χ0v) is 16.4.